The smallest absolute Gasteiger partial charge is 0.303 e. The van der Waals surface area contributed by atoms with E-state index in [1.807, 2.05) is 13.8 Å². The highest BCUT2D eigenvalue weighted by Crippen LogP contribution is 2.20. The lowest BCUT2D eigenvalue weighted by Crippen LogP contribution is -2.18. The van der Waals surface area contributed by atoms with Gasteiger partial charge >= 0.3 is 5.97 Å². The van der Waals surface area contributed by atoms with Gasteiger partial charge < -0.3 is 14.6 Å². The molecule has 0 aromatic heterocycles. The Morgan fingerprint density at radius 2 is 2.31 bits per heavy atom. The van der Waals surface area contributed by atoms with Crippen molar-refractivity contribution in [3.8, 4) is 0 Å². The molecule has 0 aromatic rings. The summed E-state index contributed by atoms with van der Waals surface area (Å²) in [6.45, 7) is 4.56. The third kappa shape index (κ3) is 3.32. The van der Waals surface area contributed by atoms with Crippen LogP contribution in [0.3, 0.4) is 0 Å². The highest BCUT2D eigenvalue weighted by Gasteiger charge is 2.28. The highest BCUT2D eigenvalue weighted by atomic mass is 16.7. The molecule has 0 aromatic carbocycles. The zero-order valence-corrected chi connectivity index (χ0v) is 8.03. The molecule has 4 heteroatoms. The largest absolute Gasteiger partial charge is 0.481 e. The first kappa shape index (κ1) is 10.5. The topological polar surface area (TPSA) is 55.8 Å². The molecule has 2 unspecified atom stereocenters. The van der Waals surface area contributed by atoms with E-state index in [-0.39, 0.29) is 18.8 Å². The van der Waals surface area contributed by atoms with Crippen LogP contribution in [0.25, 0.3) is 0 Å². The molecule has 4 nitrogen and oxygen atoms in total. The van der Waals surface area contributed by atoms with Crippen molar-refractivity contribution in [3.05, 3.63) is 0 Å². The summed E-state index contributed by atoms with van der Waals surface area (Å²) in [6, 6.07) is 0. The highest BCUT2D eigenvalue weighted by molar-refractivity contribution is 5.66. The molecule has 0 saturated carbocycles. The fraction of sp³-hybridized carbons (Fsp3) is 0.889. The minimum absolute atomic E-state index is 0.0384. The van der Waals surface area contributed by atoms with Gasteiger partial charge in [0.2, 0.25) is 0 Å². The first-order valence-electron chi connectivity index (χ1n) is 4.58. The summed E-state index contributed by atoms with van der Waals surface area (Å²) in [6.07, 6.45) is 0.500. The lowest BCUT2D eigenvalue weighted by molar-refractivity contribution is -0.138. The van der Waals surface area contributed by atoms with E-state index in [2.05, 4.69) is 0 Å². The van der Waals surface area contributed by atoms with Crippen molar-refractivity contribution >= 4 is 5.97 Å². The second-order valence-electron chi connectivity index (χ2n) is 3.64. The number of ether oxygens (including phenoxy) is 2. The first-order valence-corrected chi connectivity index (χ1v) is 4.58. The maximum absolute atomic E-state index is 10.3. The zero-order chi connectivity index (χ0) is 9.84. The summed E-state index contributed by atoms with van der Waals surface area (Å²) >= 11 is 0. The molecule has 0 bridgehead atoms. The van der Waals surface area contributed by atoms with Crippen molar-refractivity contribution in [3.63, 3.8) is 0 Å². The van der Waals surface area contributed by atoms with Crippen LogP contribution in [0.4, 0.5) is 0 Å². The lowest BCUT2D eigenvalue weighted by Gasteiger charge is -2.13. The number of carboxylic acids is 1. The summed E-state index contributed by atoms with van der Waals surface area (Å²) in [4.78, 5) is 10.3. The van der Waals surface area contributed by atoms with Crippen LogP contribution in [0.2, 0.25) is 0 Å². The van der Waals surface area contributed by atoms with Gasteiger partial charge in [0, 0.05) is 12.3 Å². The molecule has 1 heterocycles. The van der Waals surface area contributed by atoms with E-state index in [1.165, 1.54) is 0 Å². The van der Waals surface area contributed by atoms with Gasteiger partial charge in [-0.15, -0.1) is 0 Å². The molecule has 1 rings (SSSR count). The normalized spacial score (nSPS) is 28.2. The van der Waals surface area contributed by atoms with Crippen molar-refractivity contribution in [1.82, 2.24) is 0 Å². The molecule has 1 N–H and O–H groups in total. The Kier molecular flexibility index (Phi) is 3.69. The Morgan fingerprint density at radius 1 is 1.62 bits per heavy atom. The Hall–Kier alpha value is -0.610. The van der Waals surface area contributed by atoms with Gasteiger partial charge in [0.25, 0.3) is 0 Å². The van der Waals surface area contributed by atoms with Gasteiger partial charge in [-0.05, 0) is 6.42 Å². The molecule has 0 radical (unpaired) electrons. The molecule has 13 heavy (non-hydrogen) atoms. The molecule has 1 aliphatic rings. The standard InChI is InChI=1S/C9H16O4/c1-6(2)9-12-5-7(13-9)3-4-8(10)11/h6-7,9H,3-5H2,1-2H3,(H,10,11). The van der Waals surface area contributed by atoms with Crippen LogP contribution >= 0.6 is 0 Å². The van der Waals surface area contributed by atoms with Crippen LogP contribution in [0, 0.1) is 5.92 Å². The fourth-order valence-corrected chi connectivity index (χ4v) is 1.26. The maximum atomic E-state index is 10.3. The average molecular weight is 188 g/mol. The SMILES string of the molecule is CC(C)C1OCC(CCC(=O)O)O1. The van der Waals surface area contributed by atoms with Crippen LogP contribution < -0.4 is 0 Å². The van der Waals surface area contributed by atoms with E-state index in [1.54, 1.807) is 0 Å². The fourth-order valence-electron chi connectivity index (χ4n) is 1.26. The number of carboxylic acid groups (broad SMARTS) is 1. The van der Waals surface area contributed by atoms with E-state index < -0.39 is 5.97 Å². The van der Waals surface area contributed by atoms with E-state index in [9.17, 15) is 4.79 Å². The Labute approximate surface area is 77.8 Å². The van der Waals surface area contributed by atoms with Crippen LogP contribution in [0.1, 0.15) is 26.7 Å². The molecule has 76 valence electrons. The predicted molar refractivity (Wildman–Crippen MR) is 46.3 cm³/mol. The van der Waals surface area contributed by atoms with Crippen LogP contribution in [0.5, 0.6) is 0 Å². The minimum atomic E-state index is -0.781. The summed E-state index contributed by atoms with van der Waals surface area (Å²) in [5.74, 6) is -0.452. The monoisotopic (exact) mass is 188 g/mol. The van der Waals surface area contributed by atoms with E-state index in [0.717, 1.165) is 0 Å². The summed E-state index contributed by atoms with van der Waals surface area (Å²) in [5, 5.41) is 8.45. The average Bonchev–Trinajstić information content (AvgIpc) is 2.48. The maximum Gasteiger partial charge on any atom is 0.303 e. The number of aliphatic carboxylic acids is 1. The lowest BCUT2D eigenvalue weighted by atomic mass is 10.2. The van der Waals surface area contributed by atoms with Crippen molar-refractivity contribution in [2.45, 2.75) is 39.1 Å². The van der Waals surface area contributed by atoms with Crippen LogP contribution in [0.15, 0.2) is 0 Å². The van der Waals surface area contributed by atoms with Crippen molar-refractivity contribution < 1.29 is 19.4 Å². The van der Waals surface area contributed by atoms with Gasteiger partial charge in [0.1, 0.15) is 0 Å². The Bertz CT molecular complexity index is 178. The second-order valence-corrected chi connectivity index (χ2v) is 3.64. The number of rotatable bonds is 4. The van der Waals surface area contributed by atoms with Gasteiger partial charge in [-0.3, -0.25) is 4.79 Å². The van der Waals surface area contributed by atoms with Crippen LogP contribution in [-0.4, -0.2) is 30.1 Å². The molecule has 2 atom stereocenters. The van der Waals surface area contributed by atoms with Crippen molar-refractivity contribution in [2.24, 2.45) is 5.92 Å². The summed E-state index contributed by atoms with van der Waals surface area (Å²) < 4.78 is 10.8. The van der Waals surface area contributed by atoms with E-state index in [0.29, 0.717) is 18.9 Å². The van der Waals surface area contributed by atoms with Gasteiger partial charge in [-0.2, -0.15) is 0 Å². The van der Waals surface area contributed by atoms with Crippen molar-refractivity contribution in [1.29, 1.82) is 0 Å². The molecule has 1 aliphatic heterocycles. The zero-order valence-electron chi connectivity index (χ0n) is 8.03. The minimum Gasteiger partial charge on any atom is -0.481 e. The predicted octanol–water partition coefficient (Wildman–Crippen LogP) is 1.25. The van der Waals surface area contributed by atoms with Gasteiger partial charge in [0.05, 0.1) is 12.7 Å². The van der Waals surface area contributed by atoms with E-state index in [4.69, 9.17) is 14.6 Å². The first-order chi connectivity index (χ1) is 6.09. The number of hydrogen-bond acceptors (Lipinski definition) is 3. The number of hydrogen-bond donors (Lipinski definition) is 1. The molecule has 1 saturated heterocycles. The van der Waals surface area contributed by atoms with Gasteiger partial charge in [0.15, 0.2) is 6.29 Å². The summed E-state index contributed by atoms with van der Waals surface area (Å²) in [7, 11) is 0. The Morgan fingerprint density at radius 3 is 2.77 bits per heavy atom. The molecule has 0 amide bonds. The molecule has 0 aliphatic carbocycles. The molecular formula is C9H16O4. The van der Waals surface area contributed by atoms with Gasteiger partial charge in [-0.25, -0.2) is 0 Å². The third-order valence-electron chi connectivity index (χ3n) is 2.00. The quantitative estimate of drug-likeness (QED) is 0.721. The van der Waals surface area contributed by atoms with Gasteiger partial charge in [-0.1, -0.05) is 13.8 Å². The van der Waals surface area contributed by atoms with Crippen molar-refractivity contribution in [2.75, 3.05) is 6.61 Å². The number of carbonyl (C=O) groups is 1. The van der Waals surface area contributed by atoms with E-state index >= 15 is 0 Å². The molecule has 0 spiro atoms. The second kappa shape index (κ2) is 4.58. The summed E-state index contributed by atoms with van der Waals surface area (Å²) in [5.41, 5.74) is 0. The molecule has 1 fully saturated rings. The third-order valence-corrected chi connectivity index (χ3v) is 2.00. The Balaban J connectivity index is 2.21. The molecular weight excluding hydrogens is 172 g/mol. The van der Waals surface area contributed by atoms with Crippen LogP contribution in [-0.2, 0) is 14.3 Å².